The zero-order chi connectivity index (χ0) is 13.7. The third kappa shape index (κ3) is 3.71. The Balaban J connectivity index is 1.97. The highest BCUT2D eigenvalue weighted by Crippen LogP contribution is 2.18. The average Bonchev–Trinajstić information content (AvgIpc) is 2.89. The number of carboxylic acids is 1. The van der Waals surface area contributed by atoms with E-state index in [4.69, 9.17) is 0 Å². The van der Waals surface area contributed by atoms with E-state index >= 15 is 0 Å². The van der Waals surface area contributed by atoms with Gasteiger partial charge in [-0.15, -0.1) is 0 Å². The number of hydrogen-bond donors (Lipinski definition) is 3. The third-order valence-corrected chi connectivity index (χ3v) is 3.35. The van der Waals surface area contributed by atoms with Crippen molar-refractivity contribution in [1.29, 1.82) is 0 Å². The molecule has 0 unspecified atom stereocenters. The van der Waals surface area contributed by atoms with Crippen molar-refractivity contribution in [3.8, 4) is 0 Å². The Morgan fingerprint density at radius 3 is 2.37 bits per heavy atom. The van der Waals surface area contributed by atoms with Gasteiger partial charge in [-0.3, -0.25) is 0 Å². The molecule has 1 aliphatic rings. The van der Waals surface area contributed by atoms with Crippen molar-refractivity contribution < 1.29 is 14.7 Å². The molecular formula is C14H18N2O3. The molecule has 102 valence electrons. The van der Waals surface area contributed by atoms with Crippen LogP contribution < -0.4 is 10.6 Å². The second kappa shape index (κ2) is 6.22. The van der Waals surface area contributed by atoms with Crippen LogP contribution in [0.2, 0.25) is 0 Å². The highest BCUT2D eigenvalue weighted by molar-refractivity contribution is 5.83. The average molecular weight is 262 g/mol. The summed E-state index contributed by atoms with van der Waals surface area (Å²) in [5, 5.41) is 14.5. The zero-order valence-corrected chi connectivity index (χ0v) is 10.6. The van der Waals surface area contributed by atoms with E-state index in [1.807, 2.05) is 0 Å². The number of amides is 2. The van der Waals surface area contributed by atoms with Crippen LogP contribution in [-0.4, -0.2) is 23.1 Å². The normalized spacial score (nSPS) is 16.8. The number of urea groups is 1. The minimum Gasteiger partial charge on any atom is -0.479 e. The zero-order valence-electron chi connectivity index (χ0n) is 10.6. The Bertz CT molecular complexity index is 441. The summed E-state index contributed by atoms with van der Waals surface area (Å²) in [6.45, 7) is 0. The summed E-state index contributed by atoms with van der Waals surface area (Å²) in [5.41, 5.74) is 0.566. The number of nitrogens with one attached hydrogen (secondary N) is 2. The summed E-state index contributed by atoms with van der Waals surface area (Å²) in [6, 6.07) is 7.43. The fourth-order valence-electron chi connectivity index (χ4n) is 2.36. The summed E-state index contributed by atoms with van der Waals surface area (Å²) in [6.07, 6.45) is 4.17. The van der Waals surface area contributed by atoms with Crippen LogP contribution in [0.1, 0.15) is 37.3 Å². The lowest BCUT2D eigenvalue weighted by atomic mass is 10.1. The summed E-state index contributed by atoms with van der Waals surface area (Å²) >= 11 is 0. The van der Waals surface area contributed by atoms with Gasteiger partial charge in [0.05, 0.1) is 0 Å². The first-order valence-corrected chi connectivity index (χ1v) is 6.51. The van der Waals surface area contributed by atoms with Crippen molar-refractivity contribution >= 4 is 12.0 Å². The Labute approximate surface area is 112 Å². The first-order chi connectivity index (χ1) is 9.16. The molecule has 0 heterocycles. The Hall–Kier alpha value is -2.04. The molecule has 19 heavy (non-hydrogen) atoms. The molecule has 1 fully saturated rings. The van der Waals surface area contributed by atoms with Gasteiger partial charge in [0.25, 0.3) is 0 Å². The number of carboxylic acid groups (broad SMARTS) is 1. The third-order valence-electron chi connectivity index (χ3n) is 3.35. The lowest BCUT2D eigenvalue weighted by Crippen LogP contribution is -2.44. The number of aliphatic carboxylic acids is 1. The molecule has 0 aromatic heterocycles. The largest absolute Gasteiger partial charge is 0.479 e. The van der Waals surface area contributed by atoms with Gasteiger partial charge in [-0.25, -0.2) is 9.59 Å². The van der Waals surface area contributed by atoms with Gasteiger partial charge in [0.15, 0.2) is 6.04 Å². The van der Waals surface area contributed by atoms with Crippen LogP contribution in [0.3, 0.4) is 0 Å². The molecule has 1 aromatic carbocycles. The molecular weight excluding hydrogens is 244 g/mol. The lowest BCUT2D eigenvalue weighted by Gasteiger charge is -2.18. The number of rotatable bonds is 4. The quantitative estimate of drug-likeness (QED) is 0.777. The fourth-order valence-corrected chi connectivity index (χ4v) is 2.36. The van der Waals surface area contributed by atoms with Crippen molar-refractivity contribution in [3.63, 3.8) is 0 Å². The van der Waals surface area contributed by atoms with Crippen LogP contribution in [-0.2, 0) is 4.79 Å². The smallest absolute Gasteiger partial charge is 0.330 e. The van der Waals surface area contributed by atoms with Crippen LogP contribution >= 0.6 is 0 Å². The SMILES string of the molecule is O=C(NC1CCCC1)N[C@H](C(=O)O)c1ccccc1. The Kier molecular flexibility index (Phi) is 4.39. The van der Waals surface area contributed by atoms with E-state index in [-0.39, 0.29) is 6.04 Å². The molecule has 3 N–H and O–H groups in total. The predicted molar refractivity (Wildman–Crippen MR) is 70.7 cm³/mol. The maximum Gasteiger partial charge on any atom is 0.330 e. The Morgan fingerprint density at radius 2 is 1.79 bits per heavy atom. The number of carbonyl (C=O) groups is 2. The Morgan fingerprint density at radius 1 is 1.16 bits per heavy atom. The maximum absolute atomic E-state index is 11.8. The van der Waals surface area contributed by atoms with Gasteiger partial charge < -0.3 is 15.7 Å². The van der Waals surface area contributed by atoms with Crippen LogP contribution in [0.15, 0.2) is 30.3 Å². The van der Waals surface area contributed by atoms with E-state index in [9.17, 15) is 14.7 Å². The minimum absolute atomic E-state index is 0.171. The first-order valence-electron chi connectivity index (χ1n) is 6.51. The molecule has 0 bridgehead atoms. The summed E-state index contributed by atoms with van der Waals surface area (Å²) in [7, 11) is 0. The van der Waals surface area contributed by atoms with Gasteiger partial charge in [-0.1, -0.05) is 43.2 Å². The summed E-state index contributed by atoms with van der Waals surface area (Å²) < 4.78 is 0. The van der Waals surface area contributed by atoms with Crippen LogP contribution in [0.4, 0.5) is 4.79 Å². The fraction of sp³-hybridized carbons (Fsp3) is 0.429. The van der Waals surface area contributed by atoms with E-state index in [0.717, 1.165) is 25.7 Å². The van der Waals surface area contributed by atoms with E-state index in [2.05, 4.69) is 10.6 Å². The van der Waals surface area contributed by atoms with Gasteiger partial charge in [0.2, 0.25) is 0 Å². The molecule has 1 aromatic rings. The van der Waals surface area contributed by atoms with Crippen molar-refractivity contribution in [2.75, 3.05) is 0 Å². The second-order valence-corrected chi connectivity index (χ2v) is 4.78. The molecule has 2 rings (SSSR count). The second-order valence-electron chi connectivity index (χ2n) is 4.78. The van der Waals surface area contributed by atoms with Crippen LogP contribution in [0.25, 0.3) is 0 Å². The molecule has 5 heteroatoms. The van der Waals surface area contributed by atoms with Crippen molar-refractivity contribution in [2.24, 2.45) is 0 Å². The summed E-state index contributed by atoms with van der Waals surface area (Å²) in [5.74, 6) is -1.06. The van der Waals surface area contributed by atoms with Crippen molar-refractivity contribution in [3.05, 3.63) is 35.9 Å². The molecule has 0 spiro atoms. The van der Waals surface area contributed by atoms with E-state index < -0.39 is 18.0 Å². The van der Waals surface area contributed by atoms with Crippen LogP contribution in [0.5, 0.6) is 0 Å². The standard InChI is InChI=1S/C14H18N2O3/c17-13(18)12(10-6-2-1-3-7-10)16-14(19)15-11-8-4-5-9-11/h1-3,6-7,11-12H,4-5,8-9H2,(H,17,18)(H2,15,16,19)/t12-/m0/s1. The van der Waals surface area contributed by atoms with Crippen molar-refractivity contribution in [2.45, 2.75) is 37.8 Å². The first kappa shape index (κ1) is 13.4. The molecule has 1 atom stereocenters. The highest BCUT2D eigenvalue weighted by atomic mass is 16.4. The highest BCUT2D eigenvalue weighted by Gasteiger charge is 2.23. The van der Waals surface area contributed by atoms with Crippen LogP contribution in [0, 0.1) is 0 Å². The van der Waals surface area contributed by atoms with Gasteiger partial charge in [-0.05, 0) is 18.4 Å². The molecule has 5 nitrogen and oxygen atoms in total. The summed E-state index contributed by atoms with van der Waals surface area (Å²) in [4.78, 5) is 23.0. The van der Waals surface area contributed by atoms with Gasteiger partial charge in [0.1, 0.15) is 0 Å². The molecule has 2 amide bonds. The maximum atomic E-state index is 11.8. The van der Waals surface area contributed by atoms with E-state index in [0.29, 0.717) is 5.56 Å². The molecule has 0 saturated heterocycles. The van der Waals surface area contributed by atoms with Gasteiger partial charge in [0, 0.05) is 6.04 Å². The molecule has 0 aliphatic heterocycles. The molecule has 0 radical (unpaired) electrons. The number of hydrogen-bond acceptors (Lipinski definition) is 2. The topological polar surface area (TPSA) is 78.4 Å². The van der Waals surface area contributed by atoms with Crippen molar-refractivity contribution in [1.82, 2.24) is 10.6 Å². The number of benzene rings is 1. The molecule has 1 saturated carbocycles. The number of carbonyl (C=O) groups excluding carboxylic acids is 1. The van der Waals surface area contributed by atoms with E-state index in [1.165, 1.54) is 0 Å². The van der Waals surface area contributed by atoms with E-state index in [1.54, 1.807) is 30.3 Å². The van der Waals surface area contributed by atoms with Gasteiger partial charge >= 0.3 is 12.0 Å². The monoisotopic (exact) mass is 262 g/mol. The predicted octanol–water partition coefficient (Wildman–Crippen LogP) is 2.05. The minimum atomic E-state index is -1.06. The lowest BCUT2D eigenvalue weighted by molar-refractivity contribution is -0.139. The van der Waals surface area contributed by atoms with Gasteiger partial charge in [-0.2, -0.15) is 0 Å². The molecule has 1 aliphatic carbocycles.